The van der Waals surface area contributed by atoms with E-state index in [2.05, 4.69) is 0 Å². The van der Waals surface area contributed by atoms with E-state index < -0.39 is 6.10 Å². The van der Waals surface area contributed by atoms with Gasteiger partial charge >= 0.3 is 0 Å². The maximum absolute atomic E-state index is 13.3. The molecule has 5 nitrogen and oxygen atoms in total. The number of carbonyl (C=O) groups is 1. The lowest BCUT2D eigenvalue weighted by atomic mass is 9.78. The third-order valence-corrected chi connectivity index (χ3v) is 7.05. The average molecular weight is 500 g/mol. The molecule has 3 N–H and O–H groups in total. The molecule has 36 heavy (non-hydrogen) atoms. The second kappa shape index (κ2) is 10.1. The fraction of sp³-hybridized carbons (Fsp3) is 0.167. The SMILES string of the molecule is O=C1[C@H](CC[C@H](O)c2ccc(Cl)cc2)[C@@H](c2ccc(-c3ccc(O)cc3)c(O)c2)N1c1ccccc1. The van der Waals surface area contributed by atoms with Gasteiger partial charge in [0, 0.05) is 16.3 Å². The van der Waals surface area contributed by atoms with E-state index in [9.17, 15) is 20.1 Å². The average Bonchev–Trinajstić information content (AvgIpc) is 2.88. The Kier molecular flexibility index (Phi) is 6.68. The summed E-state index contributed by atoms with van der Waals surface area (Å²) in [6.45, 7) is 0. The van der Waals surface area contributed by atoms with Crippen LogP contribution in [0.25, 0.3) is 11.1 Å². The summed E-state index contributed by atoms with van der Waals surface area (Å²) >= 11 is 5.96. The minimum atomic E-state index is -0.702. The zero-order valence-corrected chi connectivity index (χ0v) is 20.2. The topological polar surface area (TPSA) is 81.0 Å². The maximum Gasteiger partial charge on any atom is 0.233 e. The number of aliphatic hydroxyl groups is 1. The van der Waals surface area contributed by atoms with Crippen LogP contribution in [0.2, 0.25) is 5.02 Å². The first kappa shape index (κ1) is 23.9. The van der Waals surface area contributed by atoms with E-state index in [4.69, 9.17) is 11.6 Å². The minimum Gasteiger partial charge on any atom is -0.508 e. The van der Waals surface area contributed by atoms with E-state index in [-0.39, 0.29) is 29.4 Å². The smallest absolute Gasteiger partial charge is 0.233 e. The zero-order valence-electron chi connectivity index (χ0n) is 19.5. The van der Waals surface area contributed by atoms with E-state index in [1.165, 1.54) is 0 Å². The number of carbonyl (C=O) groups excluding carboxylic acids is 1. The Hall–Kier alpha value is -3.80. The fourth-order valence-corrected chi connectivity index (χ4v) is 5.02. The van der Waals surface area contributed by atoms with Crippen molar-refractivity contribution in [2.75, 3.05) is 4.90 Å². The molecule has 4 aromatic carbocycles. The molecule has 0 saturated carbocycles. The first-order chi connectivity index (χ1) is 17.4. The standard InChI is InChI=1S/C30H26ClNO4/c31-22-11-6-20(7-12-22)27(34)17-16-26-29(32(30(26)36)23-4-2-1-3-5-23)21-10-15-25(28(35)18-21)19-8-13-24(33)14-9-19/h1-15,18,26-27,29,33-35H,16-17H2/t26-,27+,29-/m1/s1. The van der Waals surface area contributed by atoms with Crippen LogP contribution in [0, 0.1) is 5.92 Å². The third-order valence-electron chi connectivity index (χ3n) is 6.80. The molecular weight excluding hydrogens is 474 g/mol. The first-order valence-electron chi connectivity index (χ1n) is 11.9. The molecule has 0 unspecified atom stereocenters. The number of rotatable bonds is 7. The molecule has 1 aliphatic heterocycles. The number of phenols is 2. The lowest BCUT2D eigenvalue weighted by molar-refractivity contribution is -0.131. The summed E-state index contributed by atoms with van der Waals surface area (Å²) in [5.74, 6) is -0.0711. The monoisotopic (exact) mass is 499 g/mol. The number of aromatic hydroxyl groups is 2. The molecule has 0 radical (unpaired) electrons. The van der Waals surface area contributed by atoms with Crippen LogP contribution in [-0.4, -0.2) is 21.2 Å². The molecule has 3 atom stereocenters. The summed E-state index contributed by atoms with van der Waals surface area (Å²) in [5, 5.41) is 31.7. The Bertz CT molecular complexity index is 1360. The van der Waals surface area contributed by atoms with Crippen LogP contribution in [0.5, 0.6) is 11.5 Å². The van der Waals surface area contributed by atoms with Gasteiger partial charge in [0.1, 0.15) is 11.5 Å². The Labute approximate surface area is 214 Å². The molecule has 5 rings (SSSR count). The molecule has 1 heterocycles. The van der Waals surface area contributed by atoms with E-state index in [0.717, 1.165) is 22.4 Å². The molecule has 1 saturated heterocycles. The Morgan fingerprint density at radius 2 is 1.56 bits per heavy atom. The van der Waals surface area contributed by atoms with Crippen molar-refractivity contribution in [1.29, 1.82) is 0 Å². The van der Waals surface area contributed by atoms with Gasteiger partial charge in [-0.1, -0.05) is 66.2 Å². The van der Waals surface area contributed by atoms with Gasteiger partial charge in [-0.25, -0.2) is 0 Å². The van der Waals surface area contributed by atoms with Crippen molar-refractivity contribution in [2.24, 2.45) is 5.92 Å². The van der Waals surface area contributed by atoms with Gasteiger partial charge in [-0.15, -0.1) is 0 Å². The number of hydrogen-bond acceptors (Lipinski definition) is 4. The van der Waals surface area contributed by atoms with Crippen molar-refractivity contribution in [3.05, 3.63) is 113 Å². The number of hydrogen-bond donors (Lipinski definition) is 3. The van der Waals surface area contributed by atoms with Crippen LogP contribution >= 0.6 is 11.6 Å². The number of benzene rings is 4. The number of para-hydroxylation sites is 1. The van der Waals surface area contributed by atoms with Crippen molar-refractivity contribution in [3.63, 3.8) is 0 Å². The predicted molar refractivity (Wildman–Crippen MR) is 141 cm³/mol. The Morgan fingerprint density at radius 1 is 0.861 bits per heavy atom. The van der Waals surface area contributed by atoms with Crippen LogP contribution in [0.3, 0.4) is 0 Å². The van der Waals surface area contributed by atoms with Gasteiger partial charge < -0.3 is 20.2 Å². The number of amides is 1. The van der Waals surface area contributed by atoms with E-state index in [0.29, 0.717) is 23.4 Å². The summed E-state index contributed by atoms with van der Waals surface area (Å²) in [6, 6.07) is 28.4. The highest BCUT2D eigenvalue weighted by Gasteiger charge is 2.48. The van der Waals surface area contributed by atoms with Gasteiger partial charge in [0.2, 0.25) is 5.91 Å². The molecule has 0 spiro atoms. The third kappa shape index (κ3) is 4.68. The van der Waals surface area contributed by atoms with Crippen molar-refractivity contribution in [1.82, 2.24) is 0 Å². The number of halogens is 1. The molecule has 0 aliphatic carbocycles. The van der Waals surface area contributed by atoms with Crippen LogP contribution in [0.1, 0.15) is 36.1 Å². The first-order valence-corrected chi connectivity index (χ1v) is 12.2. The van der Waals surface area contributed by atoms with E-state index in [1.807, 2.05) is 42.5 Å². The second-order valence-corrected chi connectivity index (χ2v) is 9.50. The lowest BCUT2D eigenvalue weighted by Crippen LogP contribution is -2.55. The maximum atomic E-state index is 13.3. The van der Waals surface area contributed by atoms with Gasteiger partial charge in [0.15, 0.2) is 0 Å². The highest BCUT2D eigenvalue weighted by molar-refractivity contribution is 6.30. The molecule has 0 aromatic heterocycles. The molecule has 182 valence electrons. The van der Waals surface area contributed by atoms with Crippen LogP contribution in [0.4, 0.5) is 5.69 Å². The van der Waals surface area contributed by atoms with Crippen LogP contribution in [0.15, 0.2) is 97.1 Å². The fourth-order valence-electron chi connectivity index (χ4n) is 4.89. The number of β-lactam (4-membered cyclic amide) rings is 1. The van der Waals surface area contributed by atoms with Gasteiger partial charge in [-0.2, -0.15) is 0 Å². The summed E-state index contributed by atoms with van der Waals surface area (Å²) in [7, 11) is 0. The summed E-state index contributed by atoms with van der Waals surface area (Å²) in [5.41, 5.74) is 3.81. The van der Waals surface area contributed by atoms with Gasteiger partial charge in [-0.05, 0) is 72.0 Å². The molecule has 6 heteroatoms. The molecule has 0 bridgehead atoms. The highest BCUT2D eigenvalue weighted by Crippen LogP contribution is 2.47. The molecule has 4 aromatic rings. The van der Waals surface area contributed by atoms with Crippen molar-refractivity contribution < 1.29 is 20.1 Å². The summed E-state index contributed by atoms with van der Waals surface area (Å²) in [6.07, 6.45) is 0.220. The predicted octanol–water partition coefficient (Wildman–Crippen LogP) is 6.64. The van der Waals surface area contributed by atoms with Gasteiger partial charge in [0.05, 0.1) is 18.1 Å². The summed E-state index contributed by atoms with van der Waals surface area (Å²) in [4.78, 5) is 15.0. The van der Waals surface area contributed by atoms with Gasteiger partial charge in [0.25, 0.3) is 0 Å². The number of phenolic OH excluding ortho intramolecular Hbond substituents is 2. The van der Waals surface area contributed by atoms with Crippen molar-refractivity contribution >= 4 is 23.2 Å². The molecular formula is C30H26ClNO4. The quantitative estimate of drug-likeness (QED) is 0.249. The van der Waals surface area contributed by atoms with Crippen LogP contribution < -0.4 is 4.90 Å². The van der Waals surface area contributed by atoms with E-state index >= 15 is 0 Å². The highest BCUT2D eigenvalue weighted by atomic mass is 35.5. The molecule has 1 fully saturated rings. The second-order valence-electron chi connectivity index (χ2n) is 9.06. The van der Waals surface area contributed by atoms with Crippen molar-refractivity contribution in [3.8, 4) is 22.6 Å². The number of aliphatic hydroxyl groups excluding tert-OH is 1. The number of anilines is 1. The lowest BCUT2D eigenvalue weighted by Gasteiger charge is -2.48. The summed E-state index contributed by atoms with van der Waals surface area (Å²) < 4.78 is 0. The number of nitrogens with zero attached hydrogens (tertiary/aromatic N) is 1. The van der Waals surface area contributed by atoms with Crippen LogP contribution in [-0.2, 0) is 4.79 Å². The van der Waals surface area contributed by atoms with Gasteiger partial charge in [-0.3, -0.25) is 4.79 Å². The van der Waals surface area contributed by atoms with E-state index in [1.54, 1.807) is 59.5 Å². The largest absolute Gasteiger partial charge is 0.508 e. The molecule has 1 amide bonds. The molecule has 1 aliphatic rings. The Balaban J connectivity index is 1.42. The van der Waals surface area contributed by atoms with Crippen molar-refractivity contribution in [2.45, 2.75) is 25.0 Å². The normalized spacial score (nSPS) is 18.1. The Morgan fingerprint density at radius 3 is 2.22 bits per heavy atom. The zero-order chi connectivity index (χ0) is 25.2. The minimum absolute atomic E-state index is 0.00314.